The molecule has 13 N–H and O–H groups in total. The quantitative estimate of drug-likeness (QED) is 0.0941. The van der Waals surface area contributed by atoms with Gasteiger partial charge in [0.15, 0.2) is 37.2 Å². The van der Waals surface area contributed by atoms with Gasteiger partial charge >= 0.3 is 0 Å². The maximum absolute atomic E-state index is 12.1. The predicted molar refractivity (Wildman–Crippen MR) is 248 cm³/mol. The molecular formula is C51H82O23. The fourth-order valence-corrected chi connectivity index (χ4v) is 15.5. The summed E-state index contributed by atoms with van der Waals surface area (Å²) in [5.41, 5.74) is 1.06. The third-order valence-corrected chi connectivity index (χ3v) is 19.9. The van der Waals surface area contributed by atoms with Gasteiger partial charge in [0.2, 0.25) is 0 Å². The maximum atomic E-state index is 12.1. The van der Waals surface area contributed by atoms with Gasteiger partial charge in [0.25, 0.3) is 0 Å². The van der Waals surface area contributed by atoms with E-state index in [9.17, 15) is 66.4 Å². The lowest BCUT2D eigenvalue weighted by Gasteiger charge is -2.59. The molecule has 74 heavy (non-hydrogen) atoms. The molecule has 32 atom stereocenters. The molecule has 3 saturated carbocycles. The van der Waals surface area contributed by atoms with E-state index in [1.54, 1.807) is 0 Å². The topological polar surface area (TPSA) is 355 Å². The van der Waals surface area contributed by atoms with Gasteiger partial charge < -0.3 is 114 Å². The first-order valence-electron chi connectivity index (χ1n) is 27.0. The molecule has 4 aliphatic carbocycles. The fourth-order valence-electron chi connectivity index (χ4n) is 15.5. The van der Waals surface area contributed by atoms with E-state index in [2.05, 4.69) is 26.8 Å². The van der Waals surface area contributed by atoms with E-state index >= 15 is 0 Å². The van der Waals surface area contributed by atoms with Gasteiger partial charge in [-0.3, -0.25) is 0 Å². The van der Waals surface area contributed by atoms with Gasteiger partial charge in [0.1, 0.15) is 91.6 Å². The Bertz CT molecular complexity index is 1970. The molecule has 0 bridgehead atoms. The third kappa shape index (κ3) is 9.38. The van der Waals surface area contributed by atoms with E-state index in [1.165, 1.54) is 12.5 Å². The van der Waals surface area contributed by atoms with Crippen LogP contribution in [0, 0.1) is 46.3 Å². The van der Waals surface area contributed by atoms with Crippen LogP contribution in [0.3, 0.4) is 0 Å². The number of aliphatic hydroxyl groups is 13. The van der Waals surface area contributed by atoms with Crippen LogP contribution in [-0.4, -0.2) is 233 Å². The minimum atomic E-state index is -1.85. The van der Waals surface area contributed by atoms with Crippen molar-refractivity contribution >= 4 is 0 Å². The predicted octanol–water partition coefficient (Wildman–Crippen LogP) is -2.64. The molecule has 0 amide bonds. The Balaban J connectivity index is 0.826. The van der Waals surface area contributed by atoms with E-state index in [4.69, 9.17) is 47.4 Å². The average Bonchev–Trinajstić information content (AvgIpc) is 3.83. The Kier molecular flexibility index (Phi) is 16.2. The summed E-state index contributed by atoms with van der Waals surface area (Å²) in [7, 11) is 0. The van der Waals surface area contributed by atoms with E-state index < -0.39 is 161 Å². The third-order valence-electron chi connectivity index (χ3n) is 19.9. The highest BCUT2D eigenvalue weighted by Gasteiger charge is 2.70. The van der Waals surface area contributed by atoms with E-state index in [-0.39, 0.29) is 34.7 Å². The van der Waals surface area contributed by atoms with Crippen LogP contribution >= 0.6 is 0 Å². The lowest BCUT2D eigenvalue weighted by molar-refractivity contribution is -0.398. The molecule has 0 radical (unpaired) electrons. The van der Waals surface area contributed by atoms with Crippen molar-refractivity contribution in [1.82, 2.24) is 0 Å². The zero-order chi connectivity index (χ0) is 53.1. The van der Waals surface area contributed by atoms with Crippen LogP contribution in [-0.2, 0) is 47.4 Å². The van der Waals surface area contributed by atoms with Crippen LogP contribution < -0.4 is 0 Å². The minimum Gasteiger partial charge on any atom is -0.394 e. The summed E-state index contributed by atoms with van der Waals surface area (Å²) in [4.78, 5) is 0. The summed E-state index contributed by atoms with van der Waals surface area (Å²) in [5.74, 6) is 0.341. The molecule has 0 unspecified atom stereocenters. The second-order valence-electron chi connectivity index (χ2n) is 24.0. The van der Waals surface area contributed by atoms with Crippen molar-refractivity contribution in [2.45, 2.75) is 240 Å². The number of fused-ring (bicyclic) bond motifs is 7. The van der Waals surface area contributed by atoms with Crippen molar-refractivity contribution in [3.05, 3.63) is 11.6 Å². The average molecular weight is 1060 g/mol. The van der Waals surface area contributed by atoms with Crippen LogP contribution in [0.25, 0.3) is 0 Å². The van der Waals surface area contributed by atoms with Crippen LogP contribution in [0.2, 0.25) is 0 Å². The Hall–Kier alpha value is -1.18. The summed E-state index contributed by atoms with van der Waals surface area (Å²) in [5, 5.41) is 138. The molecule has 6 saturated heterocycles. The van der Waals surface area contributed by atoms with Crippen molar-refractivity contribution in [1.29, 1.82) is 0 Å². The molecule has 9 fully saturated rings. The summed E-state index contributed by atoms with van der Waals surface area (Å²) >= 11 is 0. The highest BCUT2D eigenvalue weighted by molar-refractivity contribution is 5.26. The van der Waals surface area contributed by atoms with E-state index in [0.29, 0.717) is 37.0 Å². The summed E-state index contributed by atoms with van der Waals surface area (Å²) in [6, 6.07) is 0. The second-order valence-corrected chi connectivity index (χ2v) is 24.0. The number of ether oxygens (including phenoxy) is 10. The molecule has 1 spiro atoms. The van der Waals surface area contributed by atoms with Crippen LogP contribution in [0.15, 0.2) is 11.6 Å². The van der Waals surface area contributed by atoms with Crippen molar-refractivity contribution in [2.75, 3.05) is 19.8 Å². The summed E-state index contributed by atoms with van der Waals surface area (Å²) in [6.45, 7) is 8.41. The summed E-state index contributed by atoms with van der Waals surface area (Å²) < 4.78 is 62.3. The normalized spacial score (nSPS) is 57.5. The molecular weight excluding hydrogens is 981 g/mol. The van der Waals surface area contributed by atoms with Crippen LogP contribution in [0.5, 0.6) is 0 Å². The fraction of sp³-hybridized carbons (Fsp3) is 0.961. The van der Waals surface area contributed by atoms with Crippen molar-refractivity contribution in [3.8, 4) is 0 Å². The minimum absolute atomic E-state index is 0.00616. The smallest absolute Gasteiger partial charge is 0.189 e. The van der Waals surface area contributed by atoms with Gasteiger partial charge in [-0.15, -0.1) is 0 Å². The van der Waals surface area contributed by atoms with Gasteiger partial charge in [0.05, 0.1) is 38.1 Å². The number of hydrogen-bond acceptors (Lipinski definition) is 23. The van der Waals surface area contributed by atoms with Gasteiger partial charge in [-0.25, -0.2) is 0 Å². The second kappa shape index (κ2) is 21.4. The molecule has 424 valence electrons. The standard InChI is InChI=1S/C51H82O23/c1-19-8-13-51(74-44(19)72-47-40(63)37(60)34(57)29(17-53)68-47)20(2)31-27(73-51)15-26-24-7-6-22-14-23(9-11-49(22,4)25(24)10-12-50(26,31)5)66-48-43(71-45-38(61)35(58)32(55)21(3)65-45)41(64)42(30(18-54)69-48)70-46-39(62)36(59)33(56)28(16-52)67-46/h6,19-21,23-48,52-64H,7-18H2,1-5H3/t19-,20+,21+,23+,24-,25+,26+,27+,28-,29-,30-,31+,32+,33-,34-,35-,36+,37+,38-,39-,40-,41+,42-,43-,44+,45+,46+,47+,48-,49+,50+,51+/m1/s1. The molecule has 6 aliphatic heterocycles. The lowest BCUT2D eigenvalue weighted by atomic mass is 9.47. The zero-order valence-electron chi connectivity index (χ0n) is 42.7. The maximum Gasteiger partial charge on any atom is 0.189 e. The first-order chi connectivity index (χ1) is 35.1. The Morgan fingerprint density at radius 2 is 1.12 bits per heavy atom. The molecule has 23 nitrogen and oxygen atoms in total. The van der Waals surface area contributed by atoms with E-state index in [0.717, 1.165) is 38.5 Å². The molecule has 0 aromatic carbocycles. The van der Waals surface area contributed by atoms with Crippen molar-refractivity contribution < 1.29 is 114 Å². The molecule has 0 aromatic rings. The Morgan fingerprint density at radius 1 is 0.541 bits per heavy atom. The van der Waals surface area contributed by atoms with Crippen molar-refractivity contribution in [3.63, 3.8) is 0 Å². The van der Waals surface area contributed by atoms with Crippen LogP contribution in [0.1, 0.15) is 92.4 Å². The largest absolute Gasteiger partial charge is 0.394 e. The van der Waals surface area contributed by atoms with Crippen molar-refractivity contribution in [2.24, 2.45) is 46.3 Å². The lowest BCUT2D eigenvalue weighted by Crippen LogP contribution is -2.67. The number of hydrogen-bond donors (Lipinski definition) is 13. The zero-order valence-corrected chi connectivity index (χ0v) is 42.7. The molecule has 10 aliphatic rings. The van der Waals surface area contributed by atoms with Gasteiger partial charge in [-0.1, -0.05) is 39.3 Å². The first kappa shape index (κ1) is 56.1. The monoisotopic (exact) mass is 1060 g/mol. The number of allylic oxidation sites excluding steroid dienone is 1. The molecule has 6 heterocycles. The SMILES string of the molecule is C[C@@H]1CC[C@@]2(O[C@@H]1O[C@@H]1O[C@H](CO)[C@@H](O)[C@H](O)[C@H]1O)O[C@H]1C[C@H]3[C@@H]4CC=C5C[C@@H](O[C@@H]6O[C@H](CO)[C@@H](O[C@@H]7O[C@H](CO)[C@@H](O)[C@H](O)[C@H]7O)[C@H](O)[C@H]6O[C@@H]6O[C@@H](C)[C@H](O)[C@@H](O)[C@H]6O)CC[C@]5(C)[C@H]4CC[C@]3(C)[C@H]1[C@@H]2C. The molecule has 10 rings (SSSR count). The Labute approximate surface area is 430 Å². The van der Waals surface area contributed by atoms with Gasteiger partial charge in [-0.2, -0.15) is 0 Å². The number of aliphatic hydroxyl groups excluding tert-OH is 13. The van der Waals surface area contributed by atoms with E-state index in [1.807, 2.05) is 6.92 Å². The molecule has 23 heteroatoms. The van der Waals surface area contributed by atoms with Gasteiger partial charge in [0, 0.05) is 18.3 Å². The molecule has 0 aromatic heterocycles. The number of rotatable bonds is 11. The summed E-state index contributed by atoms with van der Waals surface area (Å²) in [6.07, 6.45) is -22.6. The van der Waals surface area contributed by atoms with Crippen LogP contribution in [0.4, 0.5) is 0 Å². The van der Waals surface area contributed by atoms with Gasteiger partial charge in [-0.05, 0) is 92.8 Å². The highest BCUT2D eigenvalue weighted by Crippen LogP contribution is 2.71. The first-order valence-corrected chi connectivity index (χ1v) is 27.0. The highest BCUT2D eigenvalue weighted by atomic mass is 16.8. The Morgan fingerprint density at radius 3 is 1.76 bits per heavy atom.